The van der Waals surface area contributed by atoms with Crippen LogP contribution in [0.15, 0.2) is 42.0 Å². The van der Waals surface area contributed by atoms with Crippen molar-refractivity contribution in [2.24, 2.45) is 0 Å². The van der Waals surface area contributed by atoms with Gasteiger partial charge in [-0.15, -0.1) is 11.3 Å². The summed E-state index contributed by atoms with van der Waals surface area (Å²) in [5.74, 6) is 0. The van der Waals surface area contributed by atoms with Crippen LogP contribution in [0.2, 0.25) is 0 Å². The summed E-state index contributed by atoms with van der Waals surface area (Å²) in [5, 5.41) is 17.0. The molecule has 0 N–H and O–H groups in total. The molecule has 0 aliphatic carbocycles. The summed E-state index contributed by atoms with van der Waals surface area (Å²) in [5.41, 5.74) is 1.92. The predicted octanol–water partition coefficient (Wildman–Crippen LogP) is 3.38. The molecular formula is C15H9N5S2. The highest BCUT2D eigenvalue weighted by atomic mass is 32.1. The fraction of sp³-hybridized carbons (Fsp3) is 0.0667. The zero-order chi connectivity index (χ0) is 14.9. The van der Waals surface area contributed by atoms with Gasteiger partial charge in [-0.25, -0.2) is 4.98 Å². The summed E-state index contributed by atoms with van der Waals surface area (Å²) >= 11 is 3.22. The van der Waals surface area contributed by atoms with E-state index in [1.165, 1.54) is 16.2 Å². The molecule has 0 saturated carbocycles. The Morgan fingerprint density at radius 3 is 2.95 bits per heavy atom. The number of aromatic nitrogens is 4. The number of nitrogens with zero attached hydrogens (tertiary/aromatic N) is 5. The van der Waals surface area contributed by atoms with E-state index in [2.05, 4.69) is 32.6 Å². The van der Waals surface area contributed by atoms with Gasteiger partial charge in [0, 0.05) is 29.3 Å². The largest absolute Gasteiger partial charge is 0.264 e. The van der Waals surface area contributed by atoms with Crippen LogP contribution in [0, 0.1) is 11.3 Å². The number of hydrogen-bond acceptors (Lipinski definition) is 6. The van der Waals surface area contributed by atoms with E-state index in [0.717, 1.165) is 22.0 Å². The molecule has 0 aliphatic heterocycles. The second-order valence-electron chi connectivity index (χ2n) is 4.61. The summed E-state index contributed by atoms with van der Waals surface area (Å²) in [6.45, 7) is 0. The van der Waals surface area contributed by atoms with Gasteiger partial charge in [-0.1, -0.05) is 17.4 Å². The molecule has 0 aliphatic rings. The maximum absolute atomic E-state index is 9.47. The van der Waals surface area contributed by atoms with E-state index in [1.54, 1.807) is 28.2 Å². The van der Waals surface area contributed by atoms with Gasteiger partial charge in [-0.3, -0.25) is 4.98 Å². The highest BCUT2D eigenvalue weighted by Crippen LogP contribution is 2.27. The van der Waals surface area contributed by atoms with Gasteiger partial charge < -0.3 is 0 Å². The van der Waals surface area contributed by atoms with Crippen LogP contribution in [-0.4, -0.2) is 19.6 Å². The SMILES string of the molecule is N#Cc1c(-c2cccnc2)nc2sc(Cc3cccs3)nn12. The summed E-state index contributed by atoms with van der Waals surface area (Å²) in [4.78, 5) is 10.6. The van der Waals surface area contributed by atoms with E-state index < -0.39 is 0 Å². The minimum Gasteiger partial charge on any atom is -0.264 e. The molecule has 4 aromatic rings. The van der Waals surface area contributed by atoms with Crippen molar-refractivity contribution < 1.29 is 0 Å². The molecule has 0 radical (unpaired) electrons. The fourth-order valence-corrected chi connectivity index (χ4v) is 3.94. The molecule has 4 rings (SSSR count). The zero-order valence-electron chi connectivity index (χ0n) is 11.3. The molecule has 106 valence electrons. The van der Waals surface area contributed by atoms with Gasteiger partial charge in [0.05, 0.1) is 0 Å². The van der Waals surface area contributed by atoms with E-state index in [9.17, 15) is 5.26 Å². The van der Waals surface area contributed by atoms with Gasteiger partial charge in [0.2, 0.25) is 4.96 Å². The molecule has 7 heteroatoms. The number of imidazole rings is 1. The maximum atomic E-state index is 9.47. The normalized spacial score (nSPS) is 10.9. The van der Waals surface area contributed by atoms with Crippen molar-refractivity contribution in [1.82, 2.24) is 19.6 Å². The number of thiophene rings is 1. The molecule has 0 fully saturated rings. The molecule has 5 nitrogen and oxygen atoms in total. The van der Waals surface area contributed by atoms with Crippen molar-refractivity contribution in [3.8, 4) is 17.3 Å². The molecule has 0 unspecified atom stereocenters. The number of pyridine rings is 1. The number of rotatable bonds is 3. The minimum atomic E-state index is 0.455. The molecule has 0 aromatic carbocycles. The van der Waals surface area contributed by atoms with Crippen molar-refractivity contribution in [1.29, 1.82) is 5.26 Å². The van der Waals surface area contributed by atoms with Crippen LogP contribution in [0.4, 0.5) is 0 Å². The van der Waals surface area contributed by atoms with Gasteiger partial charge >= 0.3 is 0 Å². The third-order valence-corrected chi connectivity index (χ3v) is 4.98. The predicted molar refractivity (Wildman–Crippen MR) is 85.9 cm³/mol. The smallest absolute Gasteiger partial charge is 0.214 e. The minimum absolute atomic E-state index is 0.455. The molecule has 22 heavy (non-hydrogen) atoms. The van der Waals surface area contributed by atoms with Crippen LogP contribution in [0.3, 0.4) is 0 Å². The van der Waals surface area contributed by atoms with Gasteiger partial charge in [-0.05, 0) is 23.6 Å². The van der Waals surface area contributed by atoms with Crippen LogP contribution in [0.25, 0.3) is 16.2 Å². The molecule has 0 saturated heterocycles. The summed E-state index contributed by atoms with van der Waals surface area (Å²) in [6.07, 6.45) is 4.18. The third kappa shape index (κ3) is 2.19. The topological polar surface area (TPSA) is 66.9 Å². The Hall–Kier alpha value is -2.56. The van der Waals surface area contributed by atoms with Gasteiger partial charge in [0.25, 0.3) is 0 Å². The second-order valence-corrected chi connectivity index (χ2v) is 6.68. The van der Waals surface area contributed by atoms with Crippen LogP contribution in [0.5, 0.6) is 0 Å². The maximum Gasteiger partial charge on any atom is 0.214 e. The van der Waals surface area contributed by atoms with Crippen molar-refractivity contribution in [3.05, 3.63) is 57.6 Å². The Kier molecular flexibility index (Phi) is 3.18. The van der Waals surface area contributed by atoms with Crippen molar-refractivity contribution in [2.75, 3.05) is 0 Å². The van der Waals surface area contributed by atoms with Gasteiger partial charge in [0.1, 0.15) is 16.8 Å². The van der Waals surface area contributed by atoms with Gasteiger partial charge in [-0.2, -0.15) is 14.9 Å². The molecule has 4 heterocycles. The summed E-state index contributed by atoms with van der Waals surface area (Å²) in [6, 6.07) is 10.0. The van der Waals surface area contributed by atoms with Crippen LogP contribution < -0.4 is 0 Å². The third-order valence-electron chi connectivity index (χ3n) is 3.19. The Bertz CT molecular complexity index is 961. The summed E-state index contributed by atoms with van der Waals surface area (Å²) < 4.78 is 1.63. The Morgan fingerprint density at radius 1 is 1.27 bits per heavy atom. The first-order chi connectivity index (χ1) is 10.8. The van der Waals surface area contributed by atoms with Crippen LogP contribution in [-0.2, 0) is 6.42 Å². The van der Waals surface area contributed by atoms with E-state index in [0.29, 0.717) is 11.4 Å². The zero-order valence-corrected chi connectivity index (χ0v) is 12.9. The van der Waals surface area contributed by atoms with Crippen LogP contribution in [0.1, 0.15) is 15.6 Å². The number of fused-ring (bicyclic) bond motifs is 1. The first-order valence-electron chi connectivity index (χ1n) is 6.56. The molecule has 4 aromatic heterocycles. The average molecular weight is 323 g/mol. The van der Waals surface area contributed by atoms with Crippen molar-refractivity contribution in [3.63, 3.8) is 0 Å². The number of hydrogen-bond donors (Lipinski definition) is 0. The fourth-order valence-electron chi connectivity index (χ4n) is 2.23. The Morgan fingerprint density at radius 2 is 2.23 bits per heavy atom. The average Bonchev–Trinajstić information content (AvgIpc) is 3.24. The Labute approximate surface area is 134 Å². The number of nitriles is 1. The lowest BCUT2D eigenvalue weighted by Crippen LogP contribution is -1.93. The standard InChI is InChI=1S/C15H9N5S2/c16-8-12-14(10-3-1-5-17-9-10)18-15-20(12)19-13(22-15)7-11-4-2-6-21-11/h1-6,9H,7H2. The highest BCUT2D eigenvalue weighted by molar-refractivity contribution is 7.17. The second kappa shape index (κ2) is 5.33. The van der Waals surface area contributed by atoms with E-state index >= 15 is 0 Å². The lowest BCUT2D eigenvalue weighted by Gasteiger charge is -1.95. The van der Waals surface area contributed by atoms with Crippen LogP contribution >= 0.6 is 22.7 Å². The monoisotopic (exact) mass is 323 g/mol. The lowest BCUT2D eigenvalue weighted by atomic mass is 10.2. The lowest BCUT2D eigenvalue weighted by molar-refractivity contribution is 0.912. The van der Waals surface area contributed by atoms with E-state index in [1.807, 2.05) is 18.2 Å². The first-order valence-corrected chi connectivity index (χ1v) is 8.26. The molecule has 0 bridgehead atoms. The summed E-state index contributed by atoms with van der Waals surface area (Å²) in [7, 11) is 0. The first kappa shape index (κ1) is 13.1. The van der Waals surface area contributed by atoms with Crippen molar-refractivity contribution >= 4 is 27.6 Å². The molecule has 0 atom stereocenters. The van der Waals surface area contributed by atoms with E-state index in [4.69, 9.17) is 0 Å². The quantitative estimate of drug-likeness (QED) is 0.580. The highest BCUT2D eigenvalue weighted by Gasteiger charge is 2.18. The van der Waals surface area contributed by atoms with Crippen molar-refractivity contribution in [2.45, 2.75) is 6.42 Å². The van der Waals surface area contributed by atoms with Gasteiger partial charge in [0.15, 0.2) is 5.69 Å². The molecule has 0 amide bonds. The van der Waals surface area contributed by atoms with E-state index in [-0.39, 0.29) is 0 Å². The molecular weight excluding hydrogens is 314 g/mol. The molecule has 0 spiro atoms. The Balaban J connectivity index is 1.79.